The summed E-state index contributed by atoms with van der Waals surface area (Å²) in [4.78, 5) is 5.34. The summed E-state index contributed by atoms with van der Waals surface area (Å²) in [5.41, 5.74) is 2.83. The van der Waals surface area contributed by atoms with Crippen molar-refractivity contribution in [2.24, 2.45) is 0 Å². The highest BCUT2D eigenvalue weighted by Crippen LogP contribution is 2.24. The van der Waals surface area contributed by atoms with Gasteiger partial charge in [-0.15, -0.1) is 11.3 Å². The van der Waals surface area contributed by atoms with Crippen LogP contribution in [-0.4, -0.2) is 21.6 Å². The molecule has 0 unspecified atom stereocenters. The van der Waals surface area contributed by atoms with Gasteiger partial charge in [0.05, 0.1) is 20.3 Å². The minimum Gasteiger partial charge on any atom is -0.480 e. The molecular formula is C14H15N3O2S. The van der Waals surface area contributed by atoms with Gasteiger partial charge in [0.1, 0.15) is 5.69 Å². The van der Waals surface area contributed by atoms with E-state index in [1.165, 1.54) is 0 Å². The van der Waals surface area contributed by atoms with Crippen LogP contribution in [0.4, 0.5) is 5.69 Å². The van der Waals surface area contributed by atoms with Gasteiger partial charge in [0.15, 0.2) is 4.96 Å². The maximum absolute atomic E-state index is 9.15. The molecule has 3 aromatic rings. The summed E-state index contributed by atoms with van der Waals surface area (Å²) in [6, 6.07) is 7.71. The molecule has 3 rings (SSSR count). The lowest BCUT2D eigenvalue weighted by Crippen LogP contribution is -2.04. The topological polar surface area (TPSA) is 58.8 Å². The lowest BCUT2D eigenvalue weighted by molar-refractivity contribution is 0.282. The molecule has 0 bridgehead atoms. The van der Waals surface area contributed by atoms with E-state index in [4.69, 9.17) is 9.84 Å². The van der Waals surface area contributed by atoms with E-state index in [1.807, 2.05) is 40.2 Å². The molecule has 0 saturated heterocycles. The summed E-state index contributed by atoms with van der Waals surface area (Å²) in [5, 5.41) is 14.5. The average molecular weight is 289 g/mol. The quantitative estimate of drug-likeness (QED) is 0.757. The first kappa shape index (κ1) is 13.0. The van der Waals surface area contributed by atoms with Gasteiger partial charge in [-0.25, -0.2) is 0 Å². The third kappa shape index (κ3) is 2.35. The molecule has 0 aliphatic heterocycles. The molecular weight excluding hydrogens is 274 g/mol. The van der Waals surface area contributed by atoms with E-state index in [0.717, 1.165) is 21.9 Å². The van der Waals surface area contributed by atoms with Crippen LogP contribution in [0.5, 0.6) is 5.88 Å². The van der Waals surface area contributed by atoms with E-state index in [-0.39, 0.29) is 6.61 Å². The Morgan fingerprint density at radius 2 is 2.35 bits per heavy atom. The number of nitrogens with one attached hydrogen (secondary N) is 1. The minimum atomic E-state index is 0.0420. The predicted octanol–water partition coefficient (Wildman–Crippen LogP) is 2.51. The molecule has 2 N–H and O–H groups in total. The van der Waals surface area contributed by atoms with Gasteiger partial charge < -0.3 is 15.2 Å². The van der Waals surface area contributed by atoms with Gasteiger partial charge in [-0.2, -0.15) is 4.98 Å². The number of anilines is 1. The molecule has 2 heterocycles. The zero-order valence-electron chi connectivity index (χ0n) is 11.0. The van der Waals surface area contributed by atoms with Crippen LogP contribution in [0.1, 0.15) is 11.3 Å². The van der Waals surface area contributed by atoms with Crippen molar-refractivity contribution < 1.29 is 9.84 Å². The molecule has 5 nitrogen and oxygen atoms in total. The monoisotopic (exact) mass is 289 g/mol. The van der Waals surface area contributed by atoms with E-state index >= 15 is 0 Å². The molecule has 0 atom stereocenters. The van der Waals surface area contributed by atoms with Gasteiger partial charge in [-0.3, -0.25) is 4.40 Å². The van der Waals surface area contributed by atoms with Crippen molar-refractivity contribution >= 4 is 22.0 Å². The van der Waals surface area contributed by atoms with Crippen LogP contribution in [0.3, 0.4) is 0 Å². The summed E-state index contributed by atoms with van der Waals surface area (Å²) < 4.78 is 7.34. The SMILES string of the molecule is COc1nc2sccn2c1CNc1cccc(CO)c1. The van der Waals surface area contributed by atoms with Crippen LogP contribution in [0.15, 0.2) is 35.8 Å². The van der Waals surface area contributed by atoms with Crippen molar-refractivity contribution in [1.29, 1.82) is 0 Å². The van der Waals surface area contributed by atoms with Gasteiger partial charge >= 0.3 is 0 Å². The molecule has 0 aliphatic rings. The number of fused-ring (bicyclic) bond motifs is 1. The molecule has 0 saturated carbocycles. The second-order valence-corrected chi connectivity index (χ2v) is 5.21. The van der Waals surface area contributed by atoms with E-state index in [1.54, 1.807) is 18.4 Å². The second kappa shape index (κ2) is 5.52. The van der Waals surface area contributed by atoms with Crippen molar-refractivity contribution in [2.45, 2.75) is 13.2 Å². The Bertz CT molecular complexity index is 720. The summed E-state index contributed by atoms with van der Waals surface area (Å²) in [5.74, 6) is 0.641. The van der Waals surface area contributed by atoms with Crippen molar-refractivity contribution in [1.82, 2.24) is 9.38 Å². The van der Waals surface area contributed by atoms with E-state index < -0.39 is 0 Å². The number of benzene rings is 1. The number of methoxy groups -OCH3 is 1. The summed E-state index contributed by atoms with van der Waals surface area (Å²) >= 11 is 1.58. The molecule has 0 radical (unpaired) electrons. The number of hydrogen-bond acceptors (Lipinski definition) is 5. The maximum atomic E-state index is 9.15. The lowest BCUT2D eigenvalue weighted by atomic mass is 10.2. The number of aliphatic hydroxyl groups is 1. The van der Waals surface area contributed by atoms with Crippen LogP contribution in [0, 0.1) is 0 Å². The summed E-state index contributed by atoms with van der Waals surface area (Å²) in [6.07, 6.45) is 1.98. The maximum Gasteiger partial charge on any atom is 0.238 e. The van der Waals surface area contributed by atoms with Gasteiger partial charge in [0, 0.05) is 17.3 Å². The molecule has 1 aromatic carbocycles. The fraction of sp³-hybridized carbons (Fsp3) is 0.214. The number of ether oxygens (including phenoxy) is 1. The Kier molecular flexibility index (Phi) is 3.58. The van der Waals surface area contributed by atoms with Crippen molar-refractivity contribution in [3.8, 4) is 5.88 Å². The number of imidazole rings is 1. The number of thiazole rings is 1. The van der Waals surface area contributed by atoms with Gasteiger partial charge in [0.2, 0.25) is 5.88 Å². The number of hydrogen-bond donors (Lipinski definition) is 2. The predicted molar refractivity (Wildman–Crippen MR) is 79.3 cm³/mol. The van der Waals surface area contributed by atoms with E-state index in [2.05, 4.69) is 10.3 Å². The molecule has 0 fully saturated rings. The number of aliphatic hydroxyl groups excluding tert-OH is 1. The highest BCUT2D eigenvalue weighted by molar-refractivity contribution is 7.15. The Morgan fingerprint density at radius 1 is 1.45 bits per heavy atom. The zero-order chi connectivity index (χ0) is 13.9. The molecule has 2 aromatic heterocycles. The molecule has 0 aliphatic carbocycles. The summed E-state index contributed by atoms with van der Waals surface area (Å²) in [7, 11) is 1.63. The first-order valence-corrected chi connectivity index (χ1v) is 7.12. The Morgan fingerprint density at radius 3 is 3.15 bits per heavy atom. The molecule has 0 amide bonds. The Labute approximate surface area is 120 Å². The minimum absolute atomic E-state index is 0.0420. The van der Waals surface area contributed by atoms with Gasteiger partial charge in [-0.05, 0) is 17.7 Å². The van der Waals surface area contributed by atoms with Gasteiger partial charge in [-0.1, -0.05) is 12.1 Å². The largest absolute Gasteiger partial charge is 0.480 e. The van der Waals surface area contributed by atoms with Crippen LogP contribution >= 0.6 is 11.3 Å². The Balaban J connectivity index is 1.83. The third-order valence-electron chi connectivity index (χ3n) is 3.09. The van der Waals surface area contributed by atoms with Crippen molar-refractivity contribution in [3.63, 3.8) is 0 Å². The molecule has 104 valence electrons. The van der Waals surface area contributed by atoms with E-state index in [9.17, 15) is 0 Å². The van der Waals surface area contributed by atoms with Crippen LogP contribution in [0.25, 0.3) is 4.96 Å². The van der Waals surface area contributed by atoms with Crippen LogP contribution in [0.2, 0.25) is 0 Å². The number of aromatic nitrogens is 2. The highest BCUT2D eigenvalue weighted by Gasteiger charge is 2.13. The van der Waals surface area contributed by atoms with Crippen LogP contribution < -0.4 is 10.1 Å². The third-order valence-corrected chi connectivity index (χ3v) is 3.84. The average Bonchev–Trinajstić information content (AvgIpc) is 3.06. The van der Waals surface area contributed by atoms with Crippen molar-refractivity contribution in [3.05, 3.63) is 47.1 Å². The standard InChI is InChI=1S/C14H15N3O2S/c1-19-13-12(17-5-6-20-14(17)16-13)8-15-11-4-2-3-10(7-11)9-18/h2-7,15,18H,8-9H2,1H3. The zero-order valence-corrected chi connectivity index (χ0v) is 11.9. The summed E-state index contributed by atoms with van der Waals surface area (Å²) in [6.45, 7) is 0.649. The normalized spacial score (nSPS) is 10.9. The van der Waals surface area contributed by atoms with E-state index in [0.29, 0.717) is 12.4 Å². The van der Waals surface area contributed by atoms with Crippen LogP contribution in [-0.2, 0) is 13.2 Å². The molecule has 0 spiro atoms. The number of rotatable bonds is 5. The Hall–Kier alpha value is -2.05. The first-order chi connectivity index (χ1) is 9.81. The second-order valence-electron chi connectivity index (χ2n) is 4.34. The fourth-order valence-electron chi connectivity index (χ4n) is 2.10. The molecule has 20 heavy (non-hydrogen) atoms. The highest BCUT2D eigenvalue weighted by atomic mass is 32.1. The first-order valence-electron chi connectivity index (χ1n) is 6.24. The van der Waals surface area contributed by atoms with Gasteiger partial charge in [0.25, 0.3) is 0 Å². The smallest absolute Gasteiger partial charge is 0.238 e. The number of nitrogens with zero attached hydrogens (tertiary/aromatic N) is 2. The lowest BCUT2D eigenvalue weighted by Gasteiger charge is -2.08. The fourth-order valence-corrected chi connectivity index (χ4v) is 2.83. The molecule has 6 heteroatoms. The van der Waals surface area contributed by atoms with Crippen molar-refractivity contribution in [2.75, 3.05) is 12.4 Å².